The maximum atomic E-state index is 11.2. The first-order chi connectivity index (χ1) is 15.1. The van der Waals surface area contributed by atoms with Crippen molar-refractivity contribution in [1.82, 2.24) is 14.5 Å². The quantitative estimate of drug-likeness (QED) is 0.525. The van der Waals surface area contributed by atoms with E-state index in [9.17, 15) is 15.0 Å². The molecule has 1 fully saturated rings. The zero-order chi connectivity index (χ0) is 21.4. The SMILES string of the molecule is O=C(O)N1CCN(c2ccc3c(-c4ccc(O)cc4)cn(-c4ccncc4)c3c2)CC1. The normalized spacial score (nSPS) is 14.2. The molecule has 3 heterocycles. The Morgan fingerprint density at radius 1 is 0.871 bits per heavy atom. The smallest absolute Gasteiger partial charge is 0.407 e. The summed E-state index contributed by atoms with van der Waals surface area (Å²) in [5, 5.41) is 20.0. The van der Waals surface area contributed by atoms with Crippen molar-refractivity contribution in [2.45, 2.75) is 0 Å². The molecule has 2 aromatic carbocycles. The Balaban J connectivity index is 1.59. The van der Waals surface area contributed by atoms with E-state index in [0.29, 0.717) is 26.2 Å². The first kappa shape index (κ1) is 19.0. The lowest BCUT2D eigenvalue weighted by Crippen LogP contribution is -2.48. The standard InChI is InChI=1S/C24H22N4O3/c29-20-4-1-17(2-5-20)22-16-28(18-7-9-25-10-8-18)23-15-19(3-6-21(22)23)26-11-13-27(14-12-26)24(30)31/h1-10,15-16,29H,11-14H2,(H,30,31). The minimum atomic E-state index is -0.861. The van der Waals surface area contributed by atoms with E-state index in [0.717, 1.165) is 33.4 Å². The average Bonchev–Trinajstić information content (AvgIpc) is 3.19. The predicted molar refractivity (Wildman–Crippen MR) is 120 cm³/mol. The van der Waals surface area contributed by atoms with Crippen LogP contribution in [0.15, 0.2) is 73.2 Å². The fourth-order valence-electron chi connectivity index (χ4n) is 4.16. The second kappa shape index (κ2) is 7.68. The van der Waals surface area contributed by atoms with Gasteiger partial charge in [0.15, 0.2) is 0 Å². The first-order valence-electron chi connectivity index (χ1n) is 10.2. The van der Waals surface area contributed by atoms with E-state index in [1.165, 1.54) is 4.90 Å². The van der Waals surface area contributed by atoms with Crippen molar-refractivity contribution in [3.05, 3.63) is 73.2 Å². The highest BCUT2D eigenvalue weighted by molar-refractivity contribution is 5.98. The number of hydrogen-bond acceptors (Lipinski definition) is 4. The Bertz CT molecular complexity index is 1230. The largest absolute Gasteiger partial charge is 0.508 e. The van der Waals surface area contributed by atoms with Crippen molar-refractivity contribution in [3.63, 3.8) is 0 Å². The maximum Gasteiger partial charge on any atom is 0.407 e. The third kappa shape index (κ3) is 3.54. The van der Waals surface area contributed by atoms with E-state index in [-0.39, 0.29) is 5.75 Å². The molecule has 4 aromatic rings. The van der Waals surface area contributed by atoms with E-state index >= 15 is 0 Å². The van der Waals surface area contributed by atoms with Crippen molar-refractivity contribution in [2.24, 2.45) is 0 Å². The van der Waals surface area contributed by atoms with Crippen molar-refractivity contribution < 1.29 is 15.0 Å². The Labute approximate surface area is 179 Å². The van der Waals surface area contributed by atoms with Gasteiger partial charge < -0.3 is 24.6 Å². The van der Waals surface area contributed by atoms with Crippen LogP contribution >= 0.6 is 0 Å². The molecule has 0 unspecified atom stereocenters. The molecule has 2 N–H and O–H groups in total. The highest BCUT2D eigenvalue weighted by Gasteiger charge is 2.21. The molecule has 0 aliphatic carbocycles. The van der Waals surface area contributed by atoms with Gasteiger partial charge in [0.25, 0.3) is 0 Å². The van der Waals surface area contributed by atoms with E-state index in [1.807, 2.05) is 24.3 Å². The van der Waals surface area contributed by atoms with Crippen LogP contribution in [-0.4, -0.2) is 56.9 Å². The van der Waals surface area contributed by atoms with Crippen LogP contribution in [0.3, 0.4) is 0 Å². The van der Waals surface area contributed by atoms with Crippen LogP contribution in [0.25, 0.3) is 27.7 Å². The topological polar surface area (TPSA) is 81.8 Å². The van der Waals surface area contributed by atoms with Gasteiger partial charge in [-0.15, -0.1) is 0 Å². The summed E-state index contributed by atoms with van der Waals surface area (Å²) in [7, 11) is 0. The van der Waals surface area contributed by atoms with Crippen molar-refractivity contribution in [1.29, 1.82) is 0 Å². The van der Waals surface area contributed by atoms with Gasteiger partial charge in [-0.05, 0) is 42.0 Å². The lowest BCUT2D eigenvalue weighted by atomic mass is 10.0. The van der Waals surface area contributed by atoms with Gasteiger partial charge in [-0.25, -0.2) is 4.79 Å². The number of carboxylic acid groups (broad SMARTS) is 1. The molecule has 0 atom stereocenters. The van der Waals surface area contributed by atoms with E-state index in [2.05, 4.69) is 38.8 Å². The summed E-state index contributed by atoms with van der Waals surface area (Å²) in [6.07, 6.45) is 4.80. The van der Waals surface area contributed by atoms with Crippen LogP contribution in [0.5, 0.6) is 5.75 Å². The third-order valence-electron chi connectivity index (χ3n) is 5.82. The van der Waals surface area contributed by atoms with Crippen molar-refractivity contribution in [2.75, 3.05) is 31.1 Å². The maximum absolute atomic E-state index is 11.2. The molecule has 0 radical (unpaired) electrons. The summed E-state index contributed by atoms with van der Waals surface area (Å²) in [5.74, 6) is 0.240. The third-order valence-corrected chi connectivity index (χ3v) is 5.82. The monoisotopic (exact) mass is 414 g/mol. The highest BCUT2D eigenvalue weighted by Crippen LogP contribution is 2.35. The number of hydrogen-bond donors (Lipinski definition) is 2. The van der Waals surface area contributed by atoms with Gasteiger partial charge in [-0.2, -0.15) is 0 Å². The molecule has 1 aliphatic rings. The summed E-state index contributed by atoms with van der Waals surface area (Å²) < 4.78 is 2.15. The Hall–Kier alpha value is -4.00. The minimum Gasteiger partial charge on any atom is -0.508 e. The van der Waals surface area contributed by atoms with Gasteiger partial charge in [0.05, 0.1) is 5.52 Å². The molecule has 1 saturated heterocycles. The molecule has 0 bridgehead atoms. The Morgan fingerprint density at radius 2 is 1.58 bits per heavy atom. The van der Waals surface area contributed by atoms with Crippen LogP contribution in [0.1, 0.15) is 0 Å². The molecule has 5 rings (SSSR count). The number of nitrogens with zero attached hydrogens (tertiary/aromatic N) is 4. The summed E-state index contributed by atoms with van der Waals surface area (Å²) in [5.41, 5.74) is 5.25. The number of aromatic hydroxyl groups is 1. The number of aromatic nitrogens is 2. The number of piperazine rings is 1. The second-order valence-corrected chi connectivity index (χ2v) is 7.62. The Kier molecular flexibility index (Phi) is 4.71. The Morgan fingerprint density at radius 3 is 2.26 bits per heavy atom. The second-order valence-electron chi connectivity index (χ2n) is 7.62. The first-order valence-corrected chi connectivity index (χ1v) is 10.2. The number of phenols is 1. The molecule has 7 nitrogen and oxygen atoms in total. The number of anilines is 1. The molecule has 2 aromatic heterocycles. The van der Waals surface area contributed by atoms with E-state index in [1.54, 1.807) is 24.5 Å². The lowest BCUT2D eigenvalue weighted by molar-refractivity contribution is 0.142. The van der Waals surface area contributed by atoms with Crippen LogP contribution < -0.4 is 4.90 Å². The van der Waals surface area contributed by atoms with Gasteiger partial charge >= 0.3 is 6.09 Å². The van der Waals surface area contributed by atoms with E-state index < -0.39 is 6.09 Å². The molecule has 31 heavy (non-hydrogen) atoms. The molecular weight excluding hydrogens is 392 g/mol. The zero-order valence-corrected chi connectivity index (χ0v) is 16.8. The molecule has 1 aliphatic heterocycles. The molecule has 7 heteroatoms. The van der Waals surface area contributed by atoms with Gasteiger partial charge in [0.1, 0.15) is 5.75 Å². The van der Waals surface area contributed by atoms with Gasteiger partial charge in [0, 0.05) is 67.1 Å². The summed E-state index contributed by atoms with van der Waals surface area (Å²) in [6, 6.07) is 17.5. The van der Waals surface area contributed by atoms with Gasteiger partial charge in [-0.3, -0.25) is 4.98 Å². The van der Waals surface area contributed by atoms with Crippen LogP contribution in [0.2, 0.25) is 0 Å². The number of carbonyl (C=O) groups is 1. The van der Waals surface area contributed by atoms with Crippen LogP contribution in [0, 0.1) is 0 Å². The summed E-state index contributed by atoms with van der Waals surface area (Å²) >= 11 is 0. The van der Waals surface area contributed by atoms with Crippen molar-refractivity contribution >= 4 is 22.7 Å². The van der Waals surface area contributed by atoms with E-state index in [4.69, 9.17) is 0 Å². The molecular formula is C24H22N4O3. The van der Waals surface area contributed by atoms with Crippen molar-refractivity contribution in [3.8, 4) is 22.6 Å². The zero-order valence-electron chi connectivity index (χ0n) is 16.8. The minimum absolute atomic E-state index is 0.240. The fraction of sp³-hybridized carbons (Fsp3) is 0.167. The fourth-order valence-corrected chi connectivity index (χ4v) is 4.16. The number of pyridine rings is 1. The number of fused-ring (bicyclic) bond motifs is 1. The average molecular weight is 414 g/mol. The van der Waals surface area contributed by atoms with Crippen LogP contribution in [0.4, 0.5) is 10.5 Å². The van der Waals surface area contributed by atoms with Gasteiger partial charge in [-0.1, -0.05) is 18.2 Å². The number of benzene rings is 2. The predicted octanol–water partition coefficient (Wildman–Crippen LogP) is 4.20. The van der Waals surface area contributed by atoms with Crippen LogP contribution in [-0.2, 0) is 0 Å². The lowest BCUT2D eigenvalue weighted by Gasteiger charge is -2.34. The molecule has 156 valence electrons. The number of amides is 1. The number of phenolic OH excluding ortho intramolecular Hbond substituents is 1. The summed E-state index contributed by atoms with van der Waals surface area (Å²) in [4.78, 5) is 19.0. The number of rotatable bonds is 3. The molecule has 0 spiro atoms. The van der Waals surface area contributed by atoms with Gasteiger partial charge in [0.2, 0.25) is 0 Å². The molecule has 0 saturated carbocycles. The summed E-state index contributed by atoms with van der Waals surface area (Å²) in [6.45, 7) is 2.33. The molecule has 1 amide bonds. The highest BCUT2D eigenvalue weighted by atomic mass is 16.4.